The van der Waals surface area contributed by atoms with Gasteiger partial charge in [0.1, 0.15) is 0 Å². The van der Waals surface area contributed by atoms with E-state index in [2.05, 4.69) is 10.4 Å². The Morgan fingerprint density at radius 3 is 2.53 bits per heavy atom. The fourth-order valence-electron chi connectivity index (χ4n) is 2.25. The number of hydrogen-bond acceptors (Lipinski definition) is 3. The summed E-state index contributed by atoms with van der Waals surface area (Å²) in [5.41, 5.74) is 1.45. The number of nitrogens with one attached hydrogen (secondary N) is 1. The largest absolute Gasteiger partial charge is 0.481 e. The average molecular weight is 266 g/mol. The predicted molar refractivity (Wildman–Crippen MR) is 68.9 cm³/mol. The van der Waals surface area contributed by atoms with Crippen LogP contribution in [0.4, 0.5) is 10.5 Å². The maximum atomic E-state index is 12.0. The molecule has 0 radical (unpaired) electrons. The minimum atomic E-state index is -0.775. The molecule has 2 amide bonds. The third-order valence-corrected chi connectivity index (χ3v) is 3.39. The van der Waals surface area contributed by atoms with Crippen LogP contribution in [0.25, 0.3) is 0 Å². The number of nitrogens with zero attached hydrogens (tertiary/aromatic N) is 3. The molecule has 0 aliphatic carbocycles. The first-order valence-corrected chi connectivity index (χ1v) is 6.26. The molecular formula is C12H18N4O3. The predicted octanol–water partition coefficient (Wildman–Crippen LogP) is 1.06. The van der Waals surface area contributed by atoms with Crippen LogP contribution in [0.2, 0.25) is 0 Å². The van der Waals surface area contributed by atoms with Crippen molar-refractivity contribution in [2.24, 2.45) is 13.0 Å². The number of aromatic nitrogens is 2. The summed E-state index contributed by atoms with van der Waals surface area (Å²) in [5, 5.41) is 15.9. The topological polar surface area (TPSA) is 87.5 Å². The van der Waals surface area contributed by atoms with Crippen molar-refractivity contribution in [3.63, 3.8) is 0 Å². The summed E-state index contributed by atoms with van der Waals surface area (Å²) < 4.78 is 1.64. The monoisotopic (exact) mass is 266 g/mol. The SMILES string of the molecule is Cc1nn(C)cc1NC(=O)N1CCC(C(=O)O)CC1. The fraction of sp³-hybridized carbons (Fsp3) is 0.583. The Kier molecular flexibility index (Phi) is 3.73. The lowest BCUT2D eigenvalue weighted by atomic mass is 9.97. The zero-order valence-electron chi connectivity index (χ0n) is 11.1. The number of aliphatic carboxylic acids is 1. The molecule has 1 aromatic heterocycles. The molecule has 0 bridgehead atoms. The molecule has 1 aliphatic rings. The van der Waals surface area contributed by atoms with Gasteiger partial charge in [0, 0.05) is 26.3 Å². The summed E-state index contributed by atoms with van der Waals surface area (Å²) in [4.78, 5) is 24.5. The molecule has 2 N–H and O–H groups in total. The Balaban J connectivity index is 1.91. The van der Waals surface area contributed by atoms with E-state index in [1.165, 1.54) is 0 Å². The van der Waals surface area contributed by atoms with Crippen molar-refractivity contribution >= 4 is 17.7 Å². The van der Waals surface area contributed by atoms with Crippen molar-refractivity contribution in [1.29, 1.82) is 0 Å². The molecule has 0 aromatic carbocycles. The number of carbonyl (C=O) groups is 2. The van der Waals surface area contributed by atoms with Gasteiger partial charge in [0.2, 0.25) is 0 Å². The zero-order chi connectivity index (χ0) is 14.0. The molecule has 1 saturated heterocycles. The maximum absolute atomic E-state index is 12.0. The van der Waals surface area contributed by atoms with Gasteiger partial charge >= 0.3 is 12.0 Å². The number of aryl methyl sites for hydroxylation is 2. The van der Waals surface area contributed by atoms with Crippen LogP contribution in [-0.4, -0.2) is 44.9 Å². The lowest BCUT2D eigenvalue weighted by molar-refractivity contribution is -0.143. The number of amides is 2. The molecule has 19 heavy (non-hydrogen) atoms. The van der Waals surface area contributed by atoms with Gasteiger partial charge < -0.3 is 15.3 Å². The fourth-order valence-corrected chi connectivity index (χ4v) is 2.25. The van der Waals surface area contributed by atoms with Crippen molar-refractivity contribution in [2.45, 2.75) is 19.8 Å². The summed E-state index contributed by atoms with van der Waals surface area (Å²) in [7, 11) is 1.79. The Labute approximate surface area is 111 Å². The van der Waals surface area contributed by atoms with E-state index in [4.69, 9.17) is 5.11 Å². The molecule has 0 atom stereocenters. The van der Waals surface area contributed by atoms with Crippen LogP contribution >= 0.6 is 0 Å². The zero-order valence-corrected chi connectivity index (χ0v) is 11.1. The van der Waals surface area contributed by atoms with Crippen molar-refractivity contribution in [1.82, 2.24) is 14.7 Å². The number of carbonyl (C=O) groups excluding carboxylic acids is 1. The molecule has 104 valence electrons. The van der Waals surface area contributed by atoms with Crippen molar-refractivity contribution < 1.29 is 14.7 Å². The lowest BCUT2D eigenvalue weighted by Gasteiger charge is -2.30. The van der Waals surface area contributed by atoms with E-state index in [0.29, 0.717) is 31.6 Å². The molecule has 0 unspecified atom stereocenters. The van der Waals surface area contributed by atoms with Crippen molar-refractivity contribution in [2.75, 3.05) is 18.4 Å². The molecule has 2 rings (SSSR count). The van der Waals surface area contributed by atoms with E-state index in [-0.39, 0.29) is 11.9 Å². The highest BCUT2D eigenvalue weighted by Crippen LogP contribution is 2.19. The minimum absolute atomic E-state index is 0.195. The van der Waals surface area contributed by atoms with Crippen LogP contribution < -0.4 is 5.32 Å². The second-order valence-corrected chi connectivity index (χ2v) is 4.83. The molecule has 1 fully saturated rings. The van der Waals surface area contributed by atoms with Gasteiger partial charge in [-0.2, -0.15) is 5.10 Å². The van der Waals surface area contributed by atoms with Gasteiger partial charge in [0.25, 0.3) is 0 Å². The Hall–Kier alpha value is -2.05. The van der Waals surface area contributed by atoms with E-state index in [1.807, 2.05) is 6.92 Å². The Bertz CT molecular complexity index is 489. The molecule has 0 spiro atoms. The van der Waals surface area contributed by atoms with Crippen molar-refractivity contribution in [3.05, 3.63) is 11.9 Å². The van der Waals surface area contributed by atoms with Gasteiger partial charge in [0.05, 0.1) is 17.3 Å². The molecule has 7 nitrogen and oxygen atoms in total. The first-order valence-electron chi connectivity index (χ1n) is 6.26. The molecule has 1 aromatic rings. The highest BCUT2D eigenvalue weighted by Gasteiger charge is 2.27. The Morgan fingerprint density at radius 1 is 1.42 bits per heavy atom. The van der Waals surface area contributed by atoms with Gasteiger partial charge in [-0.3, -0.25) is 9.48 Å². The summed E-state index contributed by atoms with van der Waals surface area (Å²) in [6.45, 7) is 2.77. The second kappa shape index (κ2) is 5.29. The quantitative estimate of drug-likeness (QED) is 0.837. The highest BCUT2D eigenvalue weighted by atomic mass is 16.4. The van der Waals surface area contributed by atoms with Crippen LogP contribution in [-0.2, 0) is 11.8 Å². The third kappa shape index (κ3) is 3.04. The molecule has 0 saturated carbocycles. The maximum Gasteiger partial charge on any atom is 0.321 e. The van der Waals surface area contributed by atoms with Crippen LogP contribution in [0.5, 0.6) is 0 Å². The molecular weight excluding hydrogens is 248 g/mol. The van der Waals surface area contributed by atoms with E-state index >= 15 is 0 Å². The Morgan fingerprint density at radius 2 is 2.05 bits per heavy atom. The van der Waals surface area contributed by atoms with Gasteiger partial charge in [-0.1, -0.05) is 0 Å². The number of urea groups is 1. The number of carboxylic acid groups (broad SMARTS) is 1. The van der Waals surface area contributed by atoms with Crippen LogP contribution in [0.3, 0.4) is 0 Å². The molecule has 7 heteroatoms. The van der Waals surface area contributed by atoms with Crippen LogP contribution in [0.1, 0.15) is 18.5 Å². The number of rotatable bonds is 2. The summed E-state index contributed by atoms with van der Waals surface area (Å²) in [5.74, 6) is -1.10. The third-order valence-electron chi connectivity index (χ3n) is 3.39. The standard InChI is InChI=1S/C12H18N4O3/c1-8-10(7-15(2)14-8)13-12(19)16-5-3-9(4-6-16)11(17)18/h7,9H,3-6H2,1-2H3,(H,13,19)(H,17,18). The second-order valence-electron chi connectivity index (χ2n) is 4.83. The summed E-state index contributed by atoms with van der Waals surface area (Å²) in [6, 6.07) is -0.195. The highest BCUT2D eigenvalue weighted by molar-refractivity contribution is 5.89. The summed E-state index contributed by atoms with van der Waals surface area (Å²) >= 11 is 0. The number of anilines is 1. The van der Waals surface area contributed by atoms with Gasteiger partial charge in [-0.25, -0.2) is 4.79 Å². The minimum Gasteiger partial charge on any atom is -0.481 e. The molecule has 2 heterocycles. The normalized spacial score (nSPS) is 16.4. The number of likely N-dealkylation sites (tertiary alicyclic amines) is 1. The van der Waals surface area contributed by atoms with E-state index in [0.717, 1.165) is 5.69 Å². The van der Waals surface area contributed by atoms with Crippen molar-refractivity contribution in [3.8, 4) is 0 Å². The van der Waals surface area contributed by atoms with Gasteiger partial charge in [-0.05, 0) is 19.8 Å². The smallest absolute Gasteiger partial charge is 0.321 e. The van der Waals surface area contributed by atoms with Crippen LogP contribution in [0.15, 0.2) is 6.20 Å². The number of piperidine rings is 1. The van der Waals surface area contributed by atoms with E-state index in [9.17, 15) is 9.59 Å². The van der Waals surface area contributed by atoms with Gasteiger partial charge in [-0.15, -0.1) is 0 Å². The number of carboxylic acids is 1. The first-order chi connectivity index (χ1) is 8.97. The first kappa shape index (κ1) is 13.4. The molecule has 1 aliphatic heterocycles. The van der Waals surface area contributed by atoms with Crippen LogP contribution in [0, 0.1) is 12.8 Å². The summed E-state index contributed by atoms with van der Waals surface area (Å²) in [6.07, 6.45) is 2.76. The number of hydrogen-bond donors (Lipinski definition) is 2. The van der Waals surface area contributed by atoms with E-state index < -0.39 is 5.97 Å². The van der Waals surface area contributed by atoms with E-state index in [1.54, 1.807) is 22.8 Å². The lowest BCUT2D eigenvalue weighted by Crippen LogP contribution is -2.42. The average Bonchev–Trinajstić information content (AvgIpc) is 2.68. The van der Waals surface area contributed by atoms with Gasteiger partial charge in [0.15, 0.2) is 0 Å².